The Labute approximate surface area is 122 Å². The largest absolute Gasteiger partial charge is 0.304 e. The van der Waals surface area contributed by atoms with E-state index in [9.17, 15) is 27.5 Å². The van der Waals surface area contributed by atoms with Gasteiger partial charge in [0.05, 0.1) is 25.7 Å². The van der Waals surface area contributed by atoms with Crippen LogP contribution < -0.4 is 0 Å². The van der Waals surface area contributed by atoms with Gasteiger partial charge < -0.3 is 0 Å². The molecule has 1 rings (SSSR count). The van der Waals surface area contributed by atoms with Crippen LogP contribution in [0.4, 0.5) is 13.2 Å². The number of rotatable bonds is 6. The van der Waals surface area contributed by atoms with Gasteiger partial charge in [0.15, 0.2) is 0 Å². The highest BCUT2D eigenvalue weighted by Gasteiger charge is 2.49. The Morgan fingerprint density at radius 3 is 1.90 bits per heavy atom. The summed E-state index contributed by atoms with van der Waals surface area (Å²) in [5, 5.41) is 0. The molecule has 21 heavy (non-hydrogen) atoms. The van der Waals surface area contributed by atoms with Gasteiger partial charge >= 0.3 is 8.53 Å². The van der Waals surface area contributed by atoms with E-state index in [-0.39, 0.29) is 15.5 Å². The van der Waals surface area contributed by atoms with Crippen LogP contribution in [0, 0.1) is 0 Å². The summed E-state index contributed by atoms with van der Waals surface area (Å²) in [6, 6.07) is 0. The molecular weight excluding hydrogens is 348 g/mol. The molecule has 1 heterocycles. The van der Waals surface area contributed by atoms with Gasteiger partial charge in [-0.15, -0.1) is 8.96 Å². The fraction of sp³-hybridized carbons (Fsp3) is 0.667. The predicted octanol–water partition coefficient (Wildman–Crippen LogP) is 3.76. The number of halogens is 3. The Bertz CT molecular complexity index is 499. The lowest BCUT2D eigenvalue weighted by molar-refractivity contribution is -0.115. The van der Waals surface area contributed by atoms with Crippen molar-refractivity contribution in [2.75, 3.05) is 18.5 Å². The molecule has 0 spiro atoms. The predicted molar refractivity (Wildman–Crippen MR) is 76.8 cm³/mol. The molecule has 0 radical (unpaired) electrons. The number of hydrogen-bond donors (Lipinski definition) is 0. The molecule has 0 aromatic rings. The minimum absolute atomic E-state index is 0.375. The van der Waals surface area contributed by atoms with Crippen LogP contribution in [0.3, 0.4) is 0 Å². The molecule has 1 aliphatic rings. The van der Waals surface area contributed by atoms with Gasteiger partial charge in [-0.1, -0.05) is 0 Å². The highest BCUT2D eigenvalue weighted by Crippen LogP contribution is 2.78. The van der Waals surface area contributed by atoms with Gasteiger partial charge in [0.2, 0.25) is 0 Å². The van der Waals surface area contributed by atoms with Crippen molar-refractivity contribution in [2.24, 2.45) is 4.52 Å². The smallest absolute Gasteiger partial charge is 0.300 e. The Morgan fingerprint density at radius 1 is 1.05 bits per heavy atom. The number of Topliss-reactive ketones (excluding diaryl/α,β-unsaturated/α-hetero) is 3. The quantitative estimate of drug-likeness (QED) is 0.531. The van der Waals surface area contributed by atoms with E-state index in [1.54, 1.807) is 0 Å². The van der Waals surface area contributed by atoms with E-state index in [0.29, 0.717) is 0 Å². The standard InChI is InChI=1S/C9H15F3N3O3P3/c1-7(16)4-19-13-21(5-8(2)17,6-9(3)18)15(11)20(12)14(19)10/h4-6H2,1-3H3. The van der Waals surface area contributed by atoms with E-state index in [0.717, 1.165) is 0 Å². The molecule has 0 aliphatic carbocycles. The maximum absolute atomic E-state index is 14.2. The second-order valence-corrected chi connectivity index (χ2v) is 11.3. The Morgan fingerprint density at radius 2 is 1.52 bits per heavy atom. The zero-order chi connectivity index (χ0) is 16.4. The highest BCUT2D eigenvalue weighted by molar-refractivity contribution is 7.83. The first-order valence-corrected chi connectivity index (χ1v) is 10.5. The molecule has 0 bridgehead atoms. The Balaban J connectivity index is 3.35. The number of ketones is 3. The van der Waals surface area contributed by atoms with E-state index in [2.05, 4.69) is 4.52 Å². The number of nitrogens with zero attached hydrogens (tertiary/aromatic N) is 3. The van der Waals surface area contributed by atoms with Crippen LogP contribution in [-0.4, -0.2) is 45.2 Å². The summed E-state index contributed by atoms with van der Waals surface area (Å²) < 4.78 is 44.9. The molecule has 12 heteroatoms. The molecule has 0 aromatic carbocycles. The molecule has 0 fully saturated rings. The zero-order valence-electron chi connectivity index (χ0n) is 11.7. The van der Waals surface area contributed by atoms with E-state index in [1.807, 2.05) is 0 Å². The maximum atomic E-state index is 14.2. The summed E-state index contributed by atoms with van der Waals surface area (Å²) in [6.07, 6.45) is -1.27. The van der Waals surface area contributed by atoms with Gasteiger partial charge in [0, 0.05) is 0 Å². The lowest BCUT2D eigenvalue weighted by Crippen LogP contribution is -2.24. The number of hydrogen-bond acceptors (Lipinski definition) is 6. The minimum atomic E-state index is -3.47. The molecule has 120 valence electrons. The van der Waals surface area contributed by atoms with Crippen LogP contribution in [0.15, 0.2) is 4.52 Å². The Hall–Kier alpha value is -0.190. The summed E-state index contributed by atoms with van der Waals surface area (Å²) in [5.74, 6) is -1.36. The first-order chi connectivity index (χ1) is 9.59. The normalized spacial score (nSPS) is 26.2. The van der Waals surface area contributed by atoms with Gasteiger partial charge in [-0.2, -0.15) is 4.20 Å². The second kappa shape index (κ2) is 7.38. The first kappa shape index (κ1) is 18.9. The summed E-state index contributed by atoms with van der Waals surface area (Å²) in [5.41, 5.74) is 0. The van der Waals surface area contributed by atoms with Gasteiger partial charge in [-0.25, -0.2) is 4.52 Å². The monoisotopic (exact) mass is 363 g/mol. The second-order valence-electron chi connectivity index (χ2n) is 4.64. The third-order valence-electron chi connectivity index (χ3n) is 2.36. The molecule has 6 nitrogen and oxygen atoms in total. The van der Waals surface area contributed by atoms with Crippen molar-refractivity contribution >= 4 is 41.3 Å². The molecule has 0 N–H and O–H groups in total. The summed E-state index contributed by atoms with van der Waals surface area (Å²) in [6.45, 7) is 3.52. The van der Waals surface area contributed by atoms with Gasteiger partial charge in [-0.05, 0) is 30.1 Å². The van der Waals surface area contributed by atoms with Crippen molar-refractivity contribution in [2.45, 2.75) is 20.8 Å². The van der Waals surface area contributed by atoms with Gasteiger partial charge in [-0.3, -0.25) is 14.4 Å². The van der Waals surface area contributed by atoms with E-state index in [1.165, 1.54) is 20.8 Å². The van der Waals surface area contributed by atoms with E-state index in [4.69, 9.17) is 0 Å². The molecule has 2 unspecified atom stereocenters. The minimum Gasteiger partial charge on any atom is -0.300 e. The zero-order valence-corrected chi connectivity index (χ0v) is 14.3. The molecule has 2 atom stereocenters. The number of carbonyl (C=O) groups excluding carboxylic acids is 3. The van der Waals surface area contributed by atoms with Crippen molar-refractivity contribution in [3.8, 4) is 0 Å². The average molecular weight is 363 g/mol. The molecule has 0 aromatic heterocycles. The summed E-state index contributed by atoms with van der Waals surface area (Å²) >= 11 is 0. The van der Waals surface area contributed by atoms with Crippen molar-refractivity contribution in [3.05, 3.63) is 0 Å². The van der Waals surface area contributed by atoms with Crippen molar-refractivity contribution in [3.63, 3.8) is 0 Å². The SMILES string of the molecule is CC(=O)CP1N=P(CC(C)=O)(CC(C)=O)N(F)P(F)N1F. The molecule has 0 saturated carbocycles. The lowest BCUT2D eigenvalue weighted by atomic mass is 10.5. The topological polar surface area (TPSA) is 70.0 Å². The maximum Gasteiger partial charge on any atom is 0.304 e. The highest BCUT2D eigenvalue weighted by atomic mass is 31.3. The van der Waals surface area contributed by atoms with Crippen LogP contribution in [0.2, 0.25) is 0 Å². The van der Waals surface area contributed by atoms with Crippen LogP contribution in [-0.2, 0) is 14.4 Å². The van der Waals surface area contributed by atoms with Crippen molar-refractivity contribution < 1.29 is 27.5 Å². The summed E-state index contributed by atoms with van der Waals surface area (Å²) in [7, 11) is -9.16. The van der Waals surface area contributed by atoms with Crippen molar-refractivity contribution in [1.82, 2.24) is 9.33 Å². The van der Waals surface area contributed by atoms with Crippen LogP contribution in [0.1, 0.15) is 20.8 Å². The van der Waals surface area contributed by atoms with Crippen LogP contribution >= 0.6 is 24.0 Å². The molecule has 0 amide bonds. The third kappa shape index (κ3) is 4.64. The average Bonchev–Trinajstić information content (AvgIpc) is 2.31. The fourth-order valence-corrected chi connectivity index (χ4v) is 10.6. The van der Waals surface area contributed by atoms with E-state index >= 15 is 0 Å². The van der Waals surface area contributed by atoms with Crippen LogP contribution in [0.5, 0.6) is 0 Å². The van der Waals surface area contributed by atoms with Crippen molar-refractivity contribution in [1.29, 1.82) is 0 Å². The lowest BCUT2D eigenvalue weighted by Gasteiger charge is -2.38. The third-order valence-corrected chi connectivity index (χ3v) is 11.2. The fourth-order valence-electron chi connectivity index (χ4n) is 1.78. The molecular formula is C9H15F3N3O3P3. The van der Waals surface area contributed by atoms with E-state index < -0.39 is 53.6 Å². The summed E-state index contributed by atoms with van der Waals surface area (Å²) in [4.78, 5) is 33.8. The van der Waals surface area contributed by atoms with Gasteiger partial charge in [0.25, 0.3) is 0 Å². The molecule has 1 aliphatic heterocycles. The van der Waals surface area contributed by atoms with Crippen LogP contribution in [0.25, 0.3) is 0 Å². The first-order valence-electron chi connectivity index (χ1n) is 5.83. The van der Waals surface area contributed by atoms with Gasteiger partial charge in [0.1, 0.15) is 25.6 Å². The number of carbonyl (C=O) groups is 3. The molecule has 0 saturated heterocycles. The Kier molecular flexibility index (Phi) is 6.63.